The lowest BCUT2D eigenvalue weighted by molar-refractivity contribution is 0.0698. The fourth-order valence-corrected chi connectivity index (χ4v) is 2.03. The largest absolute Gasteiger partial charge is 0.478 e. The van der Waals surface area contributed by atoms with Crippen LogP contribution in [0, 0.1) is 0 Å². The first-order valence-electron chi connectivity index (χ1n) is 5.40. The lowest BCUT2D eigenvalue weighted by Gasteiger charge is -2.15. The van der Waals surface area contributed by atoms with Crippen molar-refractivity contribution in [2.75, 3.05) is 5.32 Å². The van der Waals surface area contributed by atoms with Crippen LogP contribution in [0.5, 0.6) is 0 Å². The van der Waals surface area contributed by atoms with E-state index in [0.717, 1.165) is 10.2 Å². The van der Waals surface area contributed by atoms with Gasteiger partial charge in [-0.2, -0.15) is 0 Å². The molecule has 0 aliphatic rings. The maximum atomic E-state index is 11.1. The molecule has 1 unspecified atom stereocenters. The molecule has 0 bridgehead atoms. The Morgan fingerprint density at radius 2 is 2.22 bits per heavy atom. The topological polar surface area (TPSA) is 62.5 Å². The van der Waals surface area contributed by atoms with E-state index in [4.69, 9.17) is 9.52 Å². The van der Waals surface area contributed by atoms with Crippen molar-refractivity contribution < 1.29 is 14.3 Å². The number of furan rings is 1. The van der Waals surface area contributed by atoms with E-state index in [-0.39, 0.29) is 11.6 Å². The molecule has 0 radical (unpaired) electrons. The first-order chi connectivity index (χ1) is 8.58. The number of carbonyl (C=O) groups is 1. The van der Waals surface area contributed by atoms with Crippen molar-refractivity contribution in [2.24, 2.45) is 0 Å². The third-order valence-corrected chi connectivity index (χ3v) is 3.05. The standard InChI is InChI=1S/C13H12BrNO3/c1-8(12-3-2-6-18-12)15-11-7-9(14)4-5-10(11)13(16)17/h2-8,15H,1H3,(H,16,17). The fraction of sp³-hybridized carbons (Fsp3) is 0.154. The van der Waals surface area contributed by atoms with Crippen molar-refractivity contribution in [3.63, 3.8) is 0 Å². The van der Waals surface area contributed by atoms with Gasteiger partial charge in [-0.15, -0.1) is 0 Å². The van der Waals surface area contributed by atoms with Crippen LogP contribution in [0.25, 0.3) is 0 Å². The van der Waals surface area contributed by atoms with E-state index in [1.54, 1.807) is 30.5 Å². The van der Waals surface area contributed by atoms with E-state index >= 15 is 0 Å². The van der Waals surface area contributed by atoms with Gasteiger partial charge in [0.25, 0.3) is 0 Å². The van der Waals surface area contributed by atoms with E-state index in [9.17, 15) is 4.79 Å². The Labute approximate surface area is 113 Å². The zero-order valence-corrected chi connectivity index (χ0v) is 11.3. The molecule has 2 aromatic rings. The van der Waals surface area contributed by atoms with Crippen LogP contribution in [0.4, 0.5) is 5.69 Å². The smallest absolute Gasteiger partial charge is 0.337 e. The first-order valence-corrected chi connectivity index (χ1v) is 6.20. The molecule has 1 aromatic heterocycles. The van der Waals surface area contributed by atoms with Gasteiger partial charge in [0.15, 0.2) is 0 Å². The summed E-state index contributed by atoms with van der Waals surface area (Å²) in [6.07, 6.45) is 1.59. The molecule has 0 saturated carbocycles. The van der Waals surface area contributed by atoms with Crippen LogP contribution in [0.1, 0.15) is 29.1 Å². The molecule has 5 heteroatoms. The van der Waals surface area contributed by atoms with Crippen LogP contribution >= 0.6 is 15.9 Å². The van der Waals surface area contributed by atoms with Crippen molar-refractivity contribution in [1.29, 1.82) is 0 Å². The molecule has 4 nitrogen and oxygen atoms in total. The highest BCUT2D eigenvalue weighted by Crippen LogP contribution is 2.26. The predicted molar refractivity (Wildman–Crippen MR) is 71.8 cm³/mol. The van der Waals surface area contributed by atoms with Crippen LogP contribution in [-0.2, 0) is 0 Å². The van der Waals surface area contributed by atoms with E-state index in [1.807, 2.05) is 13.0 Å². The number of anilines is 1. The SMILES string of the molecule is CC(Nc1cc(Br)ccc1C(=O)O)c1ccco1. The predicted octanol–water partition coefficient (Wildman–Crippen LogP) is 3.91. The summed E-state index contributed by atoms with van der Waals surface area (Å²) in [6, 6.07) is 8.54. The highest BCUT2D eigenvalue weighted by atomic mass is 79.9. The summed E-state index contributed by atoms with van der Waals surface area (Å²) in [7, 11) is 0. The van der Waals surface area contributed by atoms with Crippen molar-refractivity contribution in [2.45, 2.75) is 13.0 Å². The maximum Gasteiger partial charge on any atom is 0.337 e. The molecule has 0 amide bonds. The van der Waals surface area contributed by atoms with E-state index < -0.39 is 5.97 Å². The molecule has 1 aromatic carbocycles. The number of hydrogen-bond donors (Lipinski definition) is 2. The second kappa shape index (κ2) is 5.27. The molecule has 94 valence electrons. The van der Waals surface area contributed by atoms with Gasteiger partial charge in [0, 0.05) is 4.47 Å². The molecule has 0 spiro atoms. The lowest BCUT2D eigenvalue weighted by Crippen LogP contribution is -2.10. The second-order valence-corrected chi connectivity index (χ2v) is 4.79. The molecular weight excluding hydrogens is 298 g/mol. The number of rotatable bonds is 4. The Kier molecular flexibility index (Phi) is 3.72. The minimum absolute atomic E-state index is 0.104. The summed E-state index contributed by atoms with van der Waals surface area (Å²) in [5.41, 5.74) is 0.789. The van der Waals surface area contributed by atoms with Gasteiger partial charge in [-0.1, -0.05) is 15.9 Å². The van der Waals surface area contributed by atoms with E-state index in [0.29, 0.717) is 5.69 Å². The Morgan fingerprint density at radius 1 is 1.44 bits per heavy atom. The molecule has 0 saturated heterocycles. The summed E-state index contributed by atoms with van der Waals surface area (Å²) < 4.78 is 6.10. The molecule has 0 aliphatic heterocycles. The summed E-state index contributed by atoms with van der Waals surface area (Å²) in [5.74, 6) is -0.206. The van der Waals surface area contributed by atoms with Gasteiger partial charge in [0.2, 0.25) is 0 Å². The van der Waals surface area contributed by atoms with Crippen molar-refractivity contribution in [1.82, 2.24) is 0 Å². The van der Waals surface area contributed by atoms with Gasteiger partial charge in [-0.3, -0.25) is 0 Å². The van der Waals surface area contributed by atoms with Crippen LogP contribution < -0.4 is 5.32 Å². The average molecular weight is 310 g/mol. The third-order valence-electron chi connectivity index (χ3n) is 2.55. The average Bonchev–Trinajstić information content (AvgIpc) is 2.81. The highest BCUT2D eigenvalue weighted by molar-refractivity contribution is 9.10. The van der Waals surface area contributed by atoms with E-state index in [1.165, 1.54) is 0 Å². The normalized spacial score (nSPS) is 12.1. The molecule has 0 aliphatic carbocycles. The first kappa shape index (κ1) is 12.7. The van der Waals surface area contributed by atoms with E-state index in [2.05, 4.69) is 21.2 Å². The Hall–Kier alpha value is -1.75. The number of benzene rings is 1. The van der Waals surface area contributed by atoms with Crippen molar-refractivity contribution in [3.05, 3.63) is 52.4 Å². The van der Waals surface area contributed by atoms with Crippen LogP contribution in [0.3, 0.4) is 0 Å². The summed E-state index contributed by atoms with van der Waals surface area (Å²) in [5, 5.41) is 12.3. The van der Waals surface area contributed by atoms with Gasteiger partial charge in [-0.05, 0) is 37.3 Å². The molecular formula is C13H12BrNO3. The Morgan fingerprint density at radius 3 is 2.83 bits per heavy atom. The minimum atomic E-state index is -0.961. The highest BCUT2D eigenvalue weighted by Gasteiger charge is 2.14. The van der Waals surface area contributed by atoms with Crippen LogP contribution in [-0.4, -0.2) is 11.1 Å². The Balaban J connectivity index is 2.28. The molecule has 1 atom stereocenters. The number of carboxylic acids is 1. The van der Waals surface area contributed by atoms with Gasteiger partial charge < -0.3 is 14.8 Å². The monoisotopic (exact) mass is 309 g/mol. The van der Waals surface area contributed by atoms with Gasteiger partial charge in [0.1, 0.15) is 5.76 Å². The van der Waals surface area contributed by atoms with Crippen molar-refractivity contribution in [3.8, 4) is 0 Å². The number of aromatic carboxylic acids is 1. The molecule has 1 heterocycles. The Bertz CT molecular complexity index is 551. The third kappa shape index (κ3) is 2.73. The molecule has 0 fully saturated rings. The van der Waals surface area contributed by atoms with Gasteiger partial charge in [-0.25, -0.2) is 4.79 Å². The number of carboxylic acid groups (broad SMARTS) is 1. The quantitative estimate of drug-likeness (QED) is 0.898. The fourth-order valence-electron chi connectivity index (χ4n) is 1.66. The summed E-state index contributed by atoms with van der Waals surface area (Å²) in [4.78, 5) is 11.1. The zero-order chi connectivity index (χ0) is 13.1. The molecule has 2 rings (SSSR count). The number of halogens is 1. The van der Waals surface area contributed by atoms with Crippen molar-refractivity contribution >= 4 is 27.6 Å². The molecule has 18 heavy (non-hydrogen) atoms. The maximum absolute atomic E-state index is 11.1. The number of nitrogens with one attached hydrogen (secondary N) is 1. The van der Waals surface area contributed by atoms with Crippen LogP contribution in [0.15, 0.2) is 45.5 Å². The second-order valence-electron chi connectivity index (χ2n) is 3.88. The minimum Gasteiger partial charge on any atom is -0.478 e. The number of hydrogen-bond acceptors (Lipinski definition) is 3. The lowest BCUT2D eigenvalue weighted by atomic mass is 10.1. The van der Waals surface area contributed by atoms with Gasteiger partial charge in [0.05, 0.1) is 23.6 Å². The summed E-state index contributed by atoms with van der Waals surface area (Å²) >= 11 is 3.33. The summed E-state index contributed by atoms with van der Waals surface area (Å²) in [6.45, 7) is 1.91. The van der Waals surface area contributed by atoms with Gasteiger partial charge >= 0.3 is 5.97 Å². The van der Waals surface area contributed by atoms with Crippen LogP contribution in [0.2, 0.25) is 0 Å². The zero-order valence-electron chi connectivity index (χ0n) is 9.68. The molecule has 2 N–H and O–H groups in total.